The fourth-order valence-electron chi connectivity index (χ4n) is 2.31. The molecule has 0 heterocycles. The van der Waals surface area contributed by atoms with Gasteiger partial charge in [-0.1, -0.05) is 88.8 Å². The van der Waals surface area contributed by atoms with E-state index in [1.54, 1.807) is 0 Å². The van der Waals surface area contributed by atoms with Crippen molar-refractivity contribution < 1.29 is 0 Å². The first kappa shape index (κ1) is 14.6. The summed E-state index contributed by atoms with van der Waals surface area (Å²) in [7, 11) is 0. The Morgan fingerprint density at radius 1 is 0.667 bits per heavy atom. The lowest BCUT2D eigenvalue weighted by Crippen LogP contribution is -1.82. The second-order valence-corrected chi connectivity index (χ2v) is 6.12. The van der Waals surface area contributed by atoms with E-state index in [0.29, 0.717) is 0 Å². The topological polar surface area (TPSA) is 0 Å². The number of alkyl halides is 1. The van der Waals surface area contributed by atoms with Crippen LogP contribution in [0.3, 0.4) is 0 Å². The molecule has 0 radical (unpaired) electrons. The summed E-state index contributed by atoms with van der Waals surface area (Å²) in [6, 6.07) is 25.3. The first-order valence-electron chi connectivity index (χ1n) is 6.77. The van der Waals surface area contributed by atoms with Crippen molar-refractivity contribution in [2.24, 2.45) is 0 Å². The molecule has 0 aliphatic rings. The van der Waals surface area contributed by atoms with E-state index in [1.165, 1.54) is 27.8 Å². The third kappa shape index (κ3) is 3.47. The third-order valence-electron chi connectivity index (χ3n) is 3.48. The average molecular weight is 405 g/mol. The summed E-state index contributed by atoms with van der Waals surface area (Å²) >= 11 is 8.34. The maximum Gasteiger partial charge on any atom is 0.0406 e. The van der Waals surface area contributed by atoms with Crippen LogP contribution in [0, 0.1) is 0 Å². The first-order valence-corrected chi connectivity index (χ1v) is 8.68. The smallest absolute Gasteiger partial charge is 0.0406 e. The first-order chi connectivity index (χ1) is 10.3. The molecule has 0 atom stereocenters. The molecule has 3 aromatic carbocycles. The van der Waals surface area contributed by atoms with Gasteiger partial charge in [0.2, 0.25) is 0 Å². The van der Waals surface area contributed by atoms with Gasteiger partial charge in [-0.05, 0) is 46.0 Å². The van der Waals surface area contributed by atoms with Crippen molar-refractivity contribution in [1.82, 2.24) is 0 Å². The minimum atomic E-state index is 0.768. The number of hydrogen-bond donors (Lipinski definition) is 0. The number of halogens is 2. The SMILES string of the molecule is Clc1ccc(-c2cccc(-c3ccc(CI)cc3)c2)cc1. The highest BCUT2D eigenvalue weighted by Crippen LogP contribution is 2.27. The van der Waals surface area contributed by atoms with Crippen LogP contribution in [0.1, 0.15) is 5.56 Å². The molecule has 0 fully saturated rings. The second kappa shape index (κ2) is 6.63. The molecule has 0 saturated carbocycles. The maximum atomic E-state index is 5.95. The van der Waals surface area contributed by atoms with Crippen molar-refractivity contribution in [3.63, 3.8) is 0 Å². The molecule has 0 aliphatic carbocycles. The lowest BCUT2D eigenvalue weighted by Gasteiger charge is -2.07. The van der Waals surface area contributed by atoms with Crippen LogP contribution in [0.15, 0.2) is 72.8 Å². The van der Waals surface area contributed by atoms with E-state index in [-0.39, 0.29) is 0 Å². The third-order valence-corrected chi connectivity index (χ3v) is 4.61. The van der Waals surface area contributed by atoms with Gasteiger partial charge in [0.05, 0.1) is 0 Å². The van der Waals surface area contributed by atoms with Gasteiger partial charge in [-0.2, -0.15) is 0 Å². The van der Waals surface area contributed by atoms with E-state index in [0.717, 1.165) is 9.45 Å². The van der Waals surface area contributed by atoms with Gasteiger partial charge in [0, 0.05) is 9.45 Å². The fourth-order valence-corrected chi connectivity index (χ4v) is 2.94. The maximum absolute atomic E-state index is 5.95. The highest BCUT2D eigenvalue weighted by atomic mass is 127. The zero-order valence-corrected chi connectivity index (χ0v) is 14.3. The zero-order valence-electron chi connectivity index (χ0n) is 11.4. The quantitative estimate of drug-likeness (QED) is 0.340. The highest BCUT2D eigenvalue weighted by molar-refractivity contribution is 14.1. The van der Waals surface area contributed by atoms with Gasteiger partial charge in [0.1, 0.15) is 0 Å². The molecule has 2 heteroatoms. The van der Waals surface area contributed by atoms with Crippen LogP contribution in [0.2, 0.25) is 5.02 Å². The highest BCUT2D eigenvalue weighted by Gasteiger charge is 2.02. The van der Waals surface area contributed by atoms with Gasteiger partial charge in [-0.25, -0.2) is 0 Å². The normalized spacial score (nSPS) is 10.6. The molecule has 0 N–H and O–H groups in total. The summed E-state index contributed by atoms with van der Waals surface area (Å²) in [4.78, 5) is 0. The van der Waals surface area contributed by atoms with E-state index >= 15 is 0 Å². The molecule has 0 aliphatic heterocycles. The predicted molar refractivity (Wildman–Crippen MR) is 100 cm³/mol. The van der Waals surface area contributed by atoms with Crippen LogP contribution >= 0.6 is 34.2 Å². The fraction of sp³-hybridized carbons (Fsp3) is 0.0526. The molecule has 3 aromatic rings. The number of hydrogen-bond acceptors (Lipinski definition) is 0. The van der Waals surface area contributed by atoms with E-state index < -0.39 is 0 Å². The molecule has 3 rings (SSSR count). The Morgan fingerprint density at radius 2 is 1.19 bits per heavy atom. The Bertz CT molecular complexity index is 730. The molecule has 0 nitrogen and oxygen atoms in total. The summed E-state index contributed by atoms with van der Waals surface area (Å²) in [5.41, 5.74) is 6.24. The van der Waals surface area contributed by atoms with Crippen LogP contribution in [-0.2, 0) is 4.43 Å². The Morgan fingerprint density at radius 3 is 1.71 bits per heavy atom. The molecule has 0 unspecified atom stereocenters. The minimum Gasteiger partial charge on any atom is -0.0843 e. The Kier molecular flexibility index (Phi) is 4.61. The average Bonchev–Trinajstić information content (AvgIpc) is 2.56. The van der Waals surface area contributed by atoms with E-state index in [1.807, 2.05) is 12.1 Å². The standard InChI is InChI=1S/C19H14ClI/c20-19-10-8-16(9-11-19)18-3-1-2-17(12-18)15-6-4-14(13-21)5-7-15/h1-12H,13H2. The minimum absolute atomic E-state index is 0.768. The van der Waals surface area contributed by atoms with Crippen LogP contribution in [0.5, 0.6) is 0 Å². The molecule has 0 spiro atoms. The largest absolute Gasteiger partial charge is 0.0843 e. The Balaban J connectivity index is 1.97. The van der Waals surface area contributed by atoms with Crippen LogP contribution in [0.4, 0.5) is 0 Å². The molecule has 21 heavy (non-hydrogen) atoms. The summed E-state index contributed by atoms with van der Waals surface area (Å²) in [5.74, 6) is 0. The predicted octanol–water partition coefficient (Wildman–Crippen LogP) is 6.61. The van der Waals surface area contributed by atoms with Crippen molar-refractivity contribution in [3.8, 4) is 22.3 Å². The van der Waals surface area contributed by atoms with Crippen LogP contribution in [0.25, 0.3) is 22.3 Å². The summed E-state index contributed by atoms with van der Waals surface area (Å²) in [6.07, 6.45) is 0. The van der Waals surface area contributed by atoms with Gasteiger partial charge in [0.25, 0.3) is 0 Å². The molecule has 0 amide bonds. The van der Waals surface area contributed by atoms with Crippen molar-refractivity contribution >= 4 is 34.2 Å². The van der Waals surface area contributed by atoms with E-state index in [4.69, 9.17) is 11.6 Å². The van der Waals surface area contributed by atoms with Gasteiger partial charge in [0.15, 0.2) is 0 Å². The molecule has 0 bridgehead atoms. The summed E-state index contributed by atoms with van der Waals surface area (Å²) in [5, 5.41) is 0.768. The second-order valence-electron chi connectivity index (χ2n) is 4.92. The Hall–Kier alpha value is -1.32. The zero-order chi connectivity index (χ0) is 14.7. The van der Waals surface area contributed by atoms with Crippen molar-refractivity contribution in [1.29, 1.82) is 0 Å². The van der Waals surface area contributed by atoms with Crippen LogP contribution in [-0.4, -0.2) is 0 Å². The molecular weight excluding hydrogens is 391 g/mol. The van der Waals surface area contributed by atoms with Gasteiger partial charge >= 0.3 is 0 Å². The van der Waals surface area contributed by atoms with Crippen molar-refractivity contribution in [2.75, 3.05) is 0 Å². The van der Waals surface area contributed by atoms with Crippen LogP contribution < -0.4 is 0 Å². The summed E-state index contributed by atoms with van der Waals surface area (Å²) in [6.45, 7) is 0. The number of rotatable bonds is 3. The van der Waals surface area contributed by atoms with Crippen molar-refractivity contribution in [3.05, 3.63) is 83.4 Å². The molecule has 0 aromatic heterocycles. The van der Waals surface area contributed by atoms with Gasteiger partial charge < -0.3 is 0 Å². The monoisotopic (exact) mass is 404 g/mol. The van der Waals surface area contributed by atoms with E-state index in [2.05, 4.69) is 83.3 Å². The molecular formula is C19H14ClI. The lowest BCUT2D eigenvalue weighted by molar-refractivity contribution is 1.45. The van der Waals surface area contributed by atoms with E-state index in [9.17, 15) is 0 Å². The molecule has 0 saturated heterocycles. The van der Waals surface area contributed by atoms with Crippen molar-refractivity contribution in [2.45, 2.75) is 4.43 Å². The van der Waals surface area contributed by atoms with Gasteiger partial charge in [-0.3, -0.25) is 0 Å². The van der Waals surface area contributed by atoms with Gasteiger partial charge in [-0.15, -0.1) is 0 Å². The molecule has 104 valence electrons. The lowest BCUT2D eigenvalue weighted by atomic mass is 9.99. The Labute approximate surface area is 143 Å². The number of benzene rings is 3. The summed E-state index contributed by atoms with van der Waals surface area (Å²) < 4.78 is 1.04.